The number of halogens is 3. The summed E-state index contributed by atoms with van der Waals surface area (Å²) in [5.74, 6) is -0.252. The normalized spacial score (nSPS) is 18.0. The zero-order valence-electron chi connectivity index (χ0n) is 13.0. The minimum atomic E-state index is -4.39. The summed E-state index contributed by atoms with van der Waals surface area (Å²) in [6.45, 7) is 0.896. The molecule has 8 heteroatoms. The number of ether oxygens (including phenoxy) is 1. The zero-order chi connectivity index (χ0) is 18.0. The van der Waals surface area contributed by atoms with Crippen molar-refractivity contribution in [1.82, 2.24) is 9.88 Å². The molecule has 5 nitrogen and oxygen atoms in total. The molecule has 0 spiro atoms. The number of morpholine rings is 1. The van der Waals surface area contributed by atoms with E-state index in [1.165, 1.54) is 24.4 Å². The highest BCUT2D eigenvalue weighted by Gasteiger charge is 2.31. The molecule has 1 saturated heterocycles. The molecule has 0 radical (unpaired) electrons. The van der Waals surface area contributed by atoms with Crippen LogP contribution >= 0.6 is 0 Å². The van der Waals surface area contributed by atoms with Crippen LogP contribution in [0.5, 0.6) is 0 Å². The topological polar surface area (TPSA) is 69.1 Å². The molecule has 0 aliphatic carbocycles. The molecule has 1 aromatic carbocycles. The molecule has 0 saturated carbocycles. The smallest absolute Gasteiger partial charge is 0.370 e. The lowest BCUT2D eigenvalue weighted by Crippen LogP contribution is -2.42. The Bertz CT molecular complexity index is 806. The number of nitrogens with one attached hydrogen (secondary N) is 1. The quantitative estimate of drug-likeness (QED) is 0.906. The summed E-state index contributed by atoms with van der Waals surface area (Å²) in [5, 5.41) is 8.81. The van der Waals surface area contributed by atoms with Gasteiger partial charge in [-0.25, -0.2) is 0 Å². The van der Waals surface area contributed by atoms with E-state index < -0.39 is 17.8 Å². The Morgan fingerprint density at radius 2 is 2.04 bits per heavy atom. The molecule has 1 aromatic heterocycles. The lowest BCUT2D eigenvalue weighted by Gasteiger charge is -2.33. The summed E-state index contributed by atoms with van der Waals surface area (Å²) < 4.78 is 43.5. The Balaban J connectivity index is 1.72. The molecule has 1 aliphatic rings. The van der Waals surface area contributed by atoms with Crippen molar-refractivity contribution in [2.45, 2.75) is 12.3 Å². The molecule has 25 heavy (non-hydrogen) atoms. The lowest BCUT2D eigenvalue weighted by molar-refractivity contribution is -0.137. The van der Waals surface area contributed by atoms with Gasteiger partial charge < -0.3 is 14.6 Å². The summed E-state index contributed by atoms with van der Waals surface area (Å²) in [6, 6.07) is 8.12. The third-order valence-electron chi connectivity index (χ3n) is 4.01. The number of aromatic nitrogens is 1. The SMILES string of the molecule is N#Cc1cc(C(=O)N2CCO[C@H](c3ccc(C(F)(F)F)cc3)C2)c[nH]1. The highest BCUT2D eigenvalue weighted by Crippen LogP contribution is 2.31. The summed E-state index contributed by atoms with van der Waals surface area (Å²) in [6.07, 6.45) is -3.42. The molecular formula is C17H14F3N3O2. The number of hydrogen-bond donors (Lipinski definition) is 1. The van der Waals surface area contributed by atoms with E-state index in [1.807, 2.05) is 6.07 Å². The molecule has 1 atom stereocenters. The second-order valence-corrected chi connectivity index (χ2v) is 5.64. The van der Waals surface area contributed by atoms with Crippen LogP contribution in [0.25, 0.3) is 0 Å². The highest BCUT2D eigenvalue weighted by molar-refractivity contribution is 5.94. The largest absolute Gasteiger partial charge is 0.416 e. The molecule has 0 bridgehead atoms. The van der Waals surface area contributed by atoms with Crippen LogP contribution in [0.2, 0.25) is 0 Å². The van der Waals surface area contributed by atoms with E-state index in [-0.39, 0.29) is 24.8 Å². The summed E-state index contributed by atoms with van der Waals surface area (Å²) in [4.78, 5) is 16.7. The molecule has 1 amide bonds. The van der Waals surface area contributed by atoms with Crippen molar-refractivity contribution in [3.05, 3.63) is 58.9 Å². The van der Waals surface area contributed by atoms with Crippen LogP contribution in [0.4, 0.5) is 13.2 Å². The predicted octanol–water partition coefficient (Wildman–Crippen LogP) is 3.12. The van der Waals surface area contributed by atoms with Crippen LogP contribution in [0.3, 0.4) is 0 Å². The fraction of sp³-hybridized carbons (Fsp3) is 0.294. The maximum absolute atomic E-state index is 12.6. The fourth-order valence-electron chi connectivity index (χ4n) is 2.69. The number of amides is 1. The second-order valence-electron chi connectivity index (χ2n) is 5.64. The number of nitrogens with zero attached hydrogens (tertiary/aromatic N) is 2. The maximum atomic E-state index is 12.6. The van der Waals surface area contributed by atoms with Gasteiger partial charge in [0.05, 0.1) is 24.3 Å². The van der Waals surface area contributed by atoms with E-state index in [0.29, 0.717) is 17.7 Å². The lowest BCUT2D eigenvalue weighted by atomic mass is 10.0. The van der Waals surface area contributed by atoms with E-state index in [1.54, 1.807) is 4.90 Å². The Morgan fingerprint density at radius 1 is 1.32 bits per heavy atom. The van der Waals surface area contributed by atoms with Crippen molar-refractivity contribution in [3.63, 3.8) is 0 Å². The van der Waals surface area contributed by atoms with Crippen molar-refractivity contribution in [1.29, 1.82) is 5.26 Å². The van der Waals surface area contributed by atoms with Gasteiger partial charge in [0.2, 0.25) is 0 Å². The van der Waals surface area contributed by atoms with Gasteiger partial charge in [-0.2, -0.15) is 18.4 Å². The first-order valence-electron chi connectivity index (χ1n) is 7.55. The first-order chi connectivity index (χ1) is 11.9. The summed E-state index contributed by atoms with van der Waals surface area (Å²) in [5.41, 5.74) is 0.508. The average molecular weight is 349 g/mol. The van der Waals surface area contributed by atoms with Gasteiger partial charge in [-0.15, -0.1) is 0 Å². The van der Waals surface area contributed by atoms with Crippen molar-refractivity contribution < 1.29 is 22.7 Å². The second kappa shape index (κ2) is 6.61. The van der Waals surface area contributed by atoms with Crippen LogP contribution in [0.1, 0.15) is 33.3 Å². The number of aromatic amines is 1. The van der Waals surface area contributed by atoms with E-state index in [4.69, 9.17) is 10.00 Å². The van der Waals surface area contributed by atoms with Gasteiger partial charge >= 0.3 is 6.18 Å². The van der Waals surface area contributed by atoms with Gasteiger partial charge in [-0.05, 0) is 23.8 Å². The number of rotatable bonds is 2. The standard InChI is InChI=1S/C17H14F3N3O2/c18-17(19,20)13-3-1-11(2-4-13)15-10-23(5-6-25-15)16(24)12-7-14(8-21)22-9-12/h1-4,7,9,15,22H,5-6,10H2/t15-/m0/s1. The van der Waals surface area contributed by atoms with Gasteiger partial charge in [-0.1, -0.05) is 12.1 Å². The third-order valence-corrected chi connectivity index (χ3v) is 4.01. The number of benzene rings is 1. The molecule has 0 unspecified atom stereocenters. The summed E-state index contributed by atoms with van der Waals surface area (Å²) in [7, 11) is 0. The minimum Gasteiger partial charge on any atom is -0.370 e. The molecule has 1 N–H and O–H groups in total. The average Bonchev–Trinajstić information content (AvgIpc) is 3.10. The molecule has 2 heterocycles. The van der Waals surface area contributed by atoms with E-state index >= 15 is 0 Å². The Kier molecular flexibility index (Phi) is 4.51. The molecule has 1 aliphatic heterocycles. The number of carbonyl (C=O) groups excluding carboxylic acids is 1. The van der Waals surface area contributed by atoms with Crippen molar-refractivity contribution in [3.8, 4) is 6.07 Å². The maximum Gasteiger partial charge on any atom is 0.416 e. The van der Waals surface area contributed by atoms with Crippen LogP contribution in [0.15, 0.2) is 36.5 Å². The van der Waals surface area contributed by atoms with E-state index in [0.717, 1.165) is 12.1 Å². The van der Waals surface area contributed by atoms with Crippen LogP contribution in [-0.4, -0.2) is 35.5 Å². The van der Waals surface area contributed by atoms with E-state index in [9.17, 15) is 18.0 Å². The predicted molar refractivity (Wildman–Crippen MR) is 81.5 cm³/mol. The number of carbonyl (C=O) groups is 1. The molecular weight excluding hydrogens is 335 g/mol. The first kappa shape index (κ1) is 17.0. The van der Waals surface area contributed by atoms with Crippen molar-refractivity contribution >= 4 is 5.91 Å². The highest BCUT2D eigenvalue weighted by atomic mass is 19.4. The fourth-order valence-corrected chi connectivity index (χ4v) is 2.69. The molecule has 3 rings (SSSR count). The molecule has 130 valence electrons. The van der Waals surface area contributed by atoms with Crippen LogP contribution in [-0.2, 0) is 10.9 Å². The first-order valence-corrected chi connectivity index (χ1v) is 7.55. The number of nitriles is 1. The van der Waals surface area contributed by atoms with Gasteiger partial charge in [0.1, 0.15) is 17.9 Å². The molecule has 2 aromatic rings. The zero-order valence-corrected chi connectivity index (χ0v) is 13.0. The minimum absolute atomic E-state index is 0.233. The number of H-pyrrole nitrogens is 1. The van der Waals surface area contributed by atoms with Crippen LogP contribution in [0, 0.1) is 11.3 Å². The van der Waals surface area contributed by atoms with Gasteiger partial charge in [0.25, 0.3) is 5.91 Å². The van der Waals surface area contributed by atoms with Gasteiger partial charge in [-0.3, -0.25) is 4.79 Å². The summed E-state index contributed by atoms with van der Waals surface area (Å²) >= 11 is 0. The Morgan fingerprint density at radius 3 is 2.64 bits per heavy atom. The van der Waals surface area contributed by atoms with Crippen molar-refractivity contribution in [2.24, 2.45) is 0 Å². The van der Waals surface area contributed by atoms with Gasteiger partial charge in [0.15, 0.2) is 0 Å². The monoisotopic (exact) mass is 349 g/mol. The molecule has 1 fully saturated rings. The Hall–Kier alpha value is -2.79. The van der Waals surface area contributed by atoms with Gasteiger partial charge in [0, 0.05) is 12.7 Å². The third kappa shape index (κ3) is 3.67. The van der Waals surface area contributed by atoms with E-state index in [2.05, 4.69) is 4.98 Å². The Labute approximate surface area is 141 Å². The number of hydrogen-bond acceptors (Lipinski definition) is 3. The van der Waals surface area contributed by atoms with Crippen molar-refractivity contribution in [2.75, 3.05) is 19.7 Å². The van der Waals surface area contributed by atoms with Crippen LogP contribution < -0.4 is 0 Å². The number of alkyl halides is 3.